The highest BCUT2D eigenvalue weighted by molar-refractivity contribution is 6.02. The van der Waals surface area contributed by atoms with Crippen LogP contribution in [0.1, 0.15) is 12.0 Å². The van der Waals surface area contributed by atoms with Gasteiger partial charge in [-0.2, -0.15) is 5.26 Å². The fraction of sp³-hybridized carbons (Fsp3) is 0.267. The van der Waals surface area contributed by atoms with Gasteiger partial charge in [-0.15, -0.1) is 0 Å². The molecule has 1 aliphatic rings. The molecule has 7 nitrogen and oxygen atoms in total. The number of ether oxygens (including phenoxy) is 2. The molecule has 2 heterocycles. The summed E-state index contributed by atoms with van der Waals surface area (Å²) in [5.74, 6) is -1.50. The van der Waals surface area contributed by atoms with E-state index in [2.05, 4.69) is 9.88 Å². The first kappa shape index (κ1) is 26.5. The Bertz CT molecular complexity index is 1540. The van der Waals surface area contributed by atoms with Gasteiger partial charge in [0.1, 0.15) is 23.5 Å². The molecule has 0 spiro atoms. The van der Waals surface area contributed by atoms with E-state index in [1.54, 1.807) is 31.5 Å². The third-order valence-electron chi connectivity index (χ3n) is 7.03. The van der Waals surface area contributed by atoms with Gasteiger partial charge in [0.2, 0.25) is 0 Å². The van der Waals surface area contributed by atoms with E-state index in [1.165, 1.54) is 12.1 Å². The van der Waals surface area contributed by atoms with Crippen LogP contribution >= 0.6 is 0 Å². The van der Waals surface area contributed by atoms with Crippen molar-refractivity contribution in [1.29, 1.82) is 5.26 Å². The Morgan fingerprint density at radius 3 is 2.62 bits per heavy atom. The smallest absolute Gasteiger partial charge is 0.141 e. The van der Waals surface area contributed by atoms with E-state index in [-0.39, 0.29) is 23.5 Å². The molecule has 1 aromatic heterocycles. The molecule has 5 rings (SSSR count). The topological polar surface area (TPSA) is 105 Å². The normalized spacial score (nSPS) is 17.4. The van der Waals surface area contributed by atoms with E-state index in [0.717, 1.165) is 17.1 Å². The number of hydrogen-bond acceptors (Lipinski definition) is 7. The summed E-state index contributed by atoms with van der Waals surface area (Å²) in [5.41, 5.74) is 10.0. The maximum absolute atomic E-state index is 14.3. The van der Waals surface area contributed by atoms with Gasteiger partial charge in [0.05, 0.1) is 36.1 Å². The molecule has 0 saturated carbocycles. The van der Waals surface area contributed by atoms with Crippen LogP contribution in [0, 0.1) is 23.0 Å². The van der Waals surface area contributed by atoms with Gasteiger partial charge in [0, 0.05) is 55.0 Å². The first-order valence-electron chi connectivity index (χ1n) is 12.6. The van der Waals surface area contributed by atoms with Crippen molar-refractivity contribution in [2.24, 2.45) is 5.73 Å². The van der Waals surface area contributed by atoms with Gasteiger partial charge >= 0.3 is 0 Å². The number of nitrogens with two attached hydrogens (primary N) is 1. The van der Waals surface area contributed by atoms with E-state index in [4.69, 9.17) is 15.2 Å². The average Bonchev–Trinajstić information content (AvgIpc) is 2.93. The second-order valence-electron chi connectivity index (χ2n) is 9.52. The molecule has 1 aliphatic heterocycles. The molecule has 0 radical (unpaired) electrons. The lowest BCUT2D eigenvalue weighted by Gasteiger charge is -2.39. The van der Waals surface area contributed by atoms with Crippen molar-refractivity contribution >= 4 is 16.6 Å². The van der Waals surface area contributed by atoms with Gasteiger partial charge in [0.25, 0.3) is 0 Å². The quantitative estimate of drug-likeness (QED) is 0.324. The number of methoxy groups -OCH3 is 1. The Morgan fingerprint density at radius 1 is 1.08 bits per heavy atom. The molecule has 0 aliphatic carbocycles. The number of nitrogens with zero attached hydrogens (tertiary/aromatic N) is 3. The number of rotatable bonds is 7. The van der Waals surface area contributed by atoms with Crippen LogP contribution in [0.5, 0.6) is 5.75 Å². The average molecular weight is 531 g/mol. The third-order valence-corrected chi connectivity index (χ3v) is 7.03. The Labute approximate surface area is 225 Å². The first-order chi connectivity index (χ1) is 18.9. The van der Waals surface area contributed by atoms with Gasteiger partial charge in [-0.1, -0.05) is 18.2 Å². The third kappa shape index (κ3) is 5.40. The number of aromatic nitrogens is 1. The highest BCUT2D eigenvalue weighted by atomic mass is 19.1. The zero-order chi connectivity index (χ0) is 27.5. The van der Waals surface area contributed by atoms with Gasteiger partial charge in [-0.3, -0.25) is 4.98 Å². The van der Waals surface area contributed by atoms with Gasteiger partial charge in [-0.25, -0.2) is 8.78 Å². The molecule has 2 atom stereocenters. The second kappa shape index (κ2) is 11.3. The van der Waals surface area contributed by atoms with Crippen molar-refractivity contribution in [3.8, 4) is 34.1 Å². The van der Waals surface area contributed by atoms with Crippen molar-refractivity contribution in [1.82, 2.24) is 4.98 Å². The van der Waals surface area contributed by atoms with E-state index in [9.17, 15) is 19.1 Å². The number of fused-ring (bicyclic) bond motifs is 1. The maximum Gasteiger partial charge on any atom is 0.141 e. The fourth-order valence-corrected chi connectivity index (χ4v) is 5.07. The summed E-state index contributed by atoms with van der Waals surface area (Å²) < 4.78 is 39.8. The summed E-state index contributed by atoms with van der Waals surface area (Å²) in [6.45, 7) is 1.87. The van der Waals surface area contributed by atoms with Gasteiger partial charge in [-0.05, 0) is 47.9 Å². The number of halogens is 2. The minimum atomic E-state index is -0.690. The van der Waals surface area contributed by atoms with Crippen LogP contribution in [0.15, 0.2) is 60.8 Å². The number of phenols is 1. The zero-order valence-electron chi connectivity index (χ0n) is 21.4. The summed E-state index contributed by atoms with van der Waals surface area (Å²) in [6, 6.07) is 15.7. The van der Waals surface area contributed by atoms with Crippen LogP contribution in [-0.4, -0.2) is 55.6 Å². The molecule has 3 aromatic carbocycles. The van der Waals surface area contributed by atoms with Crippen LogP contribution in [0.25, 0.3) is 33.2 Å². The predicted molar refractivity (Wildman–Crippen MR) is 145 cm³/mol. The summed E-state index contributed by atoms with van der Waals surface area (Å²) >= 11 is 0. The summed E-state index contributed by atoms with van der Waals surface area (Å²) in [7, 11) is 1.60. The summed E-state index contributed by atoms with van der Waals surface area (Å²) in [5, 5.41) is 20.8. The molecule has 39 heavy (non-hydrogen) atoms. The Kier molecular flexibility index (Phi) is 7.70. The molecule has 4 aromatic rings. The lowest BCUT2D eigenvalue weighted by molar-refractivity contribution is 0.00169. The SMILES string of the molecule is COCCOC1CN(c2c(-c3cc(F)cc(F)c3)cnc3ccc(-c4cccc(C#N)c4O)cc23)CCC1N. The van der Waals surface area contributed by atoms with Crippen molar-refractivity contribution < 1.29 is 23.4 Å². The number of pyridine rings is 1. The van der Waals surface area contributed by atoms with Crippen molar-refractivity contribution in [2.75, 3.05) is 38.3 Å². The van der Waals surface area contributed by atoms with Crippen molar-refractivity contribution in [3.05, 3.63) is 78.0 Å². The minimum Gasteiger partial charge on any atom is -0.506 e. The van der Waals surface area contributed by atoms with E-state index in [1.807, 2.05) is 24.3 Å². The van der Waals surface area contributed by atoms with Gasteiger partial charge in [0.15, 0.2) is 0 Å². The molecule has 1 fully saturated rings. The fourth-order valence-electron chi connectivity index (χ4n) is 5.07. The predicted octanol–water partition coefficient (Wildman–Crippen LogP) is 4.99. The number of aromatic hydroxyl groups is 1. The molecule has 200 valence electrons. The Morgan fingerprint density at radius 2 is 1.87 bits per heavy atom. The summed E-state index contributed by atoms with van der Waals surface area (Å²) in [4.78, 5) is 6.71. The summed E-state index contributed by atoms with van der Waals surface area (Å²) in [6.07, 6.45) is 1.98. The number of phenolic OH excluding ortho intramolecular Hbond substituents is 1. The van der Waals surface area contributed by atoms with Gasteiger partial charge < -0.3 is 25.2 Å². The van der Waals surface area contributed by atoms with Crippen molar-refractivity contribution in [3.63, 3.8) is 0 Å². The highest BCUT2D eigenvalue weighted by Gasteiger charge is 2.30. The Balaban J connectivity index is 1.69. The van der Waals surface area contributed by atoms with Crippen LogP contribution < -0.4 is 10.6 Å². The van der Waals surface area contributed by atoms with E-state index >= 15 is 0 Å². The lowest BCUT2D eigenvalue weighted by atomic mass is 9.94. The molecule has 0 bridgehead atoms. The maximum atomic E-state index is 14.3. The van der Waals surface area contributed by atoms with Crippen LogP contribution in [0.4, 0.5) is 14.5 Å². The van der Waals surface area contributed by atoms with E-state index < -0.39 is 11.6 Å². The molecular weight excluding hydrogens is 502 g/mol. The van der Waals surface area contributed by atoms with Crippen LogP contribution in [-0.2, 0) is 9.47 Å². The number of para-hydroxylation sites is 1. The molecule has 3 N–H and O–H groups in total. The second-order valence-corrected chi connectivity index (χ2v) is 9.52. The largest absolute Gasteiger partial charge is 0.506 e. The number of nitriles is 1. The molecule has 2 unspecified atom stereocenters. The van der Waals surface area contributed by atoms with Crippen molar-refractivity contribution in [2.45, 2.75) is 18.6 Å². The number of benzene rings is 3. The number of anilines is 1. The highest BCUT2D eigenvalue weighted by Crippen LogP contribution is 2.41. The minimum absolute atomic E-state index is 0.118. The Hall–Kier alpha value is -4.10. The van der Waals surface area contributed by atoms with Crippen LogP contribution in [0.3, 0.4) is 0 Å². The molecule has 0 amide bonds. The number of piperidine rings is 1. The first-order valence-corrected chi connectivity index (χ1v) is 12.6. The molecule has 1 saturated heterocycles. The molecular formula is C30H28F2N4O3. The monoisotopic (exact) mass is 530 g/mol. The zero-order valence-corrected chi connectivity index (χ0v) is 21.4. The van der Waals surface area contributed by atoms with E-state index in [0.29, 0.717) is 60.5 Å². The molecule has 9 heteroatoms. The lowest BCUT2D eigenvalue weighted by Crippen LogP contribution is -2.52. The standard InChI is InChI=1S/C30H28F2N4O3/c1-38-9-10-39-28-17-36(8-7-26(28)34)29-24-13-18(23-4-2-3-19(15-33)30(23)37)5-6-27(24)35-16-25(29)20-11-21(31)14-22(32)12-20/h2-6,11-14,16,26,28,37H,7-10,17,34H2,1H3. The number of hydrogen-bond donors (Lipinski definition) is 2. The van der Waals surface area contributed by atoms with Crippen LogP contribution in [0.2, 0.25) is 0 Å².